The van der Waals surface area contributed by atoms with Crippen molar-refractivity contribution in [1.29, 1.82) is 0 Å². The summed E-state index contributed by atoms with van der Waals surface area (Å²) in [4.78, 5) is 38.9. The second-order valence-electron chi connectivity index (χ2n) is 9.71. The fourth-order valence-electron chi connectivity index (χ4n) is 5.03. The maximum Gasteiger partial charge on any atom is 0.337 e. The molecule has 1 N–H and O–H groups in total. The van der Waals surface area contributed by atoms with Crippen molar-refractivity contribution in [1.82, 2.24) is 9.97 Å². The molecule has 2 saturated heterocycles. The van der Waals surface area contributed by atoms with Gasteiger partial charge < -0.3 is 29.3 Å². The van der Waals surface area contributed by atoms with Gasteiger partial charge in [0.15, 0.2) is 0 Å². The first-order chi connectivity index (χ1) is 18.3. The Morgan fingerprint density at radius 2 is 1.76 bits per heavy atom. The number of ether oxygens (including phenoxy) is 3. The number of fused-ring (bicyclic) bond motifs is 1. The Morgan fingerprint density at radius 3 is 2.39 bits per heavy atom. The van der Waals surface area contributed by atoms with Crippen molar-refractivity contribution in [2.45, 2.75) is 32.8 Å². The van der Waals surface area contributed by atoms with Crippen LogP contribution in [0.4, 0.5) is 23.3 Å². The third kappa shape index (κ3) is 5.14. The Hall–Kier alpha value is -3.77. The standard InChI is InChI=1S/C26H32N6O6/c1-16(2)38-25(33)20-17(3)27-23-22(21(20)18-5-4-6-19(15-18)32(34)35)24(30-7-11-36-12-8-30)29-26(28-23)31-9-13-37-14-10-31/h4-6,15-16,21H,7-14H2,1-3H3,(H,27,28,29). The molecule has 1 atom stereocenters. The van der Waals surface area contributed by atoms with Crippen LogP contribution in [0.25, 0.3) is 0 Å². The Bertz CT molecular complexity index is 1250. The number of carbonyl (C=O) groups is 1. The van der Waals surface area contributed by atoms with E-state index in [1.165, 1.54) is 12.1 Å². The minimum Gasteiger partial charge on any atom is -0.460 e. The molecule has 0 amide bonds. The van der Waals surface area contributed by atoms with Gasteiger partial charge >= 0.3 is 5.97 Å². The van der Waals surface area contributed by atoms with Crippen molar-refractivity contribution in [3.63, 3.8) is 0 Å². The zero-order valence-electron chi connectivity index (χ0n) is 21.8. The lowest BCUT2D eigenvalue weighted by atomic mass is 9.81. The van der Waals surface area contributed by atoms with Gasteiger partial charge in [-0.1, -0.05) is 12.1 Å². The van der Waals surface area contributed by atoms with Gasteiger partial charge in [-0.25, -0.2) is 4.79 Å². The topological polar surface area (TPSA) is 132 Å². The number of aromatic nitrogens is 2. The predicted octanol–water partition coefficient (Wildman–Crippen LogP) is 2.84. The van der Waals surface area contributed by atoms with Crippen LogP contribution in [0.2, 0.25) is 0 Å². The van der Waals surface area contributed by atoms with E-state index in [1.807, 2.05) is 0 Å². The van der Waals surface area contributed by atoms with Gasteiger partial charge in [0, 0.05) is 49.6 Å². The van der Waals surface area contributed by atoms with Crippen LogP contribution in [0.3, 0.4) is 0 Å². The number of nitrogens with zero attached hydrogens (tertiary/aromatic N) is 5. The van der Waals surface area contributed by atoms with Crippen molar-refractivity contribution >= 4 is 29.2 Å². The van der Waals surface area contributed by atoms with Gasteiger partial charge in [-0.15, -0.1) is 0 Å². The normalized spacial score (nSPS) is 19.7. The summed E-state index contributed by atoms with van der Waals surface area (Å²) in [7, 11) is 0. The molecule has 3 aliphatic rings. The molecule has 2 fully saturated rings. The monoisotopic (exact) mass is 524 g/mol. The van der Waals surface area contributed by atoms with E-state index >= 15 is 0 Å². The maximum atomic E-state index is 13.5. The molecule has 38 heavy (non-hydrogen) atoms. The zero-order valence-corrected chi connectivity index (χ0v) is 21.8. The van der Waals surface area contributed by atoms with Crippen LogP contribution in [0.5, 0.6) is 0 Å². The highest BCUT2D eigenvalue weighted by atomic mass is 16.6. The molecule has 0 aliphatic carbocycles. The van der Waals surface area contributed by atoms with E-state index in [-0.39, 0.29) is 11.8 Å². The highest BCUT2D eigenvalue weighted by Crippen LogP contribution is 2.46. The molecule has 1 aromatic carbocycles. The van der Waals surface area contributed by atoms with Crippen molar-refractivity contribution < 1.29 is 23.9 Å². The number of non-ortho nitro benzene ring substituents is 1. The number of hydrogen-bond acceptors (Lipinski definition) is 11. The van der Waals surface area contributed by atoms with Gasteiger partial charge in [0.05, 0.1) is 48.9 Å². The van der Waals surface area contributed by atoms with E-state index in [9.17, 15) is 14.9 Å². The Morgan fingerprint density at radius 1 is 1.11 bits per heavy atom. The summed E-state index contributed by atoms with van der Waals surface area (Å²) in [6.45, 7) is 10.2. The number of nitro groups is 1. The molecule has 2 aromatic rings. The number of nitrogens with one attached hydrogen (secondary N) is 1. The van der Waals surface area contributed by atoms with Crippen molar-refractivity contribution in [2.75, 3.05) is 67.7 Å². The minimum absolute atomic E-state index is 0.0596. The zero-order chi connectivity index (χ0) is 26.8. The molecule has 1 unspecified atom stereocenters. The average Bonchev–Trinajstić information content (AvgIpc) is 2.92. The summed E-state index contributed by atoms with van der Waals surface area (Å²) in [5, 5.41) is 15.0. The summed E-state index contributed by atoms with van der Waals surface area (Å²) in [5.41, 5.74) is 2.18. The summed E-state index contributed by atoms with van der Waals surface area (Å²) in [6, 6.07) is 6.37. The summed E-state index contributed by atoms with van der Waals surface area (Å²) in [5.74, 6) is 0.649. The fraction of sp³-hybridized carbons (Fsp3) is 0.500. The van der Waals surface area contributed by atoms with Crippen LogP contribution in [-0.2, 0) is 19.0 Å². The second kappa shape index (κ2) is 10.9. The molecule has 0 radical (unpaired) electrons. The lowest BCUT2D eigenvalue weighted by molar-refractivity contribution is -0.384. The minimum atomic E-state index is -0.672. The highest BCUT2D eigenvalue weighted by molar-refractivity contribution is 5.95. The molecule has 4 heterocycles. The van der Waals surface area contributed by atoms with Crippen molar-refractivity contribution in [3.05, 3.63) is 56.8 Å². The van der Waals surface area contributed by atoms with E-state index in [0.717, 1.165) is 0 Å². The second-order valence-corrected chi connectivity index (χ2v) is 9.71. The van der Waals surface area contributed by atoms with Gasteiger partial charge in [-0.3, -0.25) is 10.1 Å². The number of rotatable bonds is 6. The van der Waals surface area contributed by atoms with E-state index in [1.54, 1.807) is 32.9 Å². The van der Waals surface area contributed by atoms with E-state index < -0.39 is 16.8 Å². The van der Waals surface area contributed by atoms with Crippen LogP contribution < -0.4 is 15.1 Å². The predicted molar refractivity (Wildman–Crippen MR) is 141 cm³/mol. The van der Waals surface area contributed by atoms with Crippen LogP contribution in [-0.4, -0.2) is 79.6 Å². The van der Waals surface area contributed by atoms with Crippen LogP contribution in [0.15, 0.2) is 35.5 Å². The molecular weight excluding hydrogens is 492 g/mol. The van der Waals surface area contributed by atoms with Gasteiger partial charge in [-0.2, -0.15) is 9.97 Å². The van der Waals surface area contributed by atoms with Crippen LogP contribution in [0, 0.1) is 10.1 Å². The largest absolute Gasteiger partial charge is 0.460 e. The molecular formula is C26H32N6O6. The summed E-state index contributed by atoms with van der Waals surface area (Å²) >= 11 is 0. The van der Waals surface area contributed by atoms with Crippen molar-refractivity contribution in [3.8, 4) is 0 Å². The van der Waals surface area contributed by atoms with Crippen LogP contribution in [0.1, 0.15) is 37.8 Å². The Balaban J connectivity index is 1.72. The number of hydrogen-bond donors (Lipinski definition) is 1. The highest BCUT2D eigenvalue weighted by Gasteiger charge is 2.39. The first kappa shape index (κ1) is 25.9. The number of allylic oxidation sites excluding steroid dienone is 1. The van der Waals surface area contributed by atoms with Gasteiger partial charge in [0.1, 0.15) is 11.6 Å². The maximum absolute atomic E-state index is 13.5. The number of esters is 1. The molecule has 12 heteroatoms. The number of nitro benzene ring substituents is 1. The molecule has 5 rings (SSSR count). The Kier molecular flexibility index (Phi) is 7.43. The number of benzene rings is 1. The van der Waals surface area contributed by atoms with E-state index in [2.05, 4.69) is 15.1 Å². The average molecular weight is 525 g/mol. The quantitative estimate of drug-likeness (QED) is 0.340. The molecule has 1 aromatic heterocycles. The SMILES string of the molecule is CC1=C(C(=O)OC(C)C)C(c2cccc([N+](=O)[O-])c2)c2c(nc(N3CCOCC3)nc2N2CCOCC2)N1. The van der Waals surface area contributed by atoms with Gasteiger partial charge in [-0.05, 0) is 26.3 Å². The van der Waals surface area contributed by atoms with E-state index in [0.29, 0.717) is 92.6 Å². The number of carbonyl (C=O) groups excluding carboxylic acids is 1. The first-order valence-electron chi connectivity index (χ1n) is 12.8. The van der Waals surface area contributed by atoms with Gasteiger partial charge in [0.25, 0.3) is 5.69 Å². The fourth-order valence-corrected chi connectivity index (χ4v) is 5.03. The smallest absolute Gasteiger partial charge is 0.337 e. The first-order valence-corrected chi connectivity index (χ1v) is 12.8. The van der Waals surface area contributed by atoms with Crippen LogP contribution >= 0.6 is 0 Å². The third-order valence-corrected chi connectivity index (χ3v) is 6.78. The number of anilines is 3. The summed E-state index contributed by atoms with van der Waals surface area (Å²) < 4.78 is 16.8. The number of morpholine rings is 2. The Labute approximate surface area is 220 Å². The van der Waals surface area contributed by atoms with Gasteiger partial charge in [0.2, 0.25) is 5.95 Å². The summed E-state index contributed by atoms with van der Waals surface area (Å²) in [6.07, 6.45) is -0.339. The molecule has 12 nitrogen and oxygen atoms in total. The molecule has 0 spiro atoms. The molecule has 3 aliphatic heterocycles. The molecule has 0 bridgehead atoms. The molecule has 202 valence electrons. The lowest BCUT2D eigenvalue weighted by Gasteiger charge is -2.37. The lowest BCUT2D eigenvalue weighted by Crippen LogP contribution is -2.41. The third-order valence-electron chi connectivity index (χ3n) is 6.78. The molecule has 0 saturated carbocycles. The van der Waals surface area contributed by atoms with Crippen molar-refractivity contribution in [2.24, 2.45) is 0 Å². The van der Waals surface area contributed by atoms with E-state index in [4.69, 9.17) is 24.2 Å².